The first-order valence-corrected chi connectivity index (χ1v) is 8.11. The fourth-order valence-electron chi connectivity index (χ4n) is 2.60. The molecule has 1 aromatic heterocycles. The number of carbonyl (C=O) groups is 1. The number of amides is 1. The molecule has 0 aliphatic carbocycles. The van der Waals surface area contributed by atoms with Gasteiger partial charge in [0.2, 0.25) is 0 Å². The van der Waals surface area contributed by atoms with E-state index in [-0.39, 0.29) is 5.56 Å². The van der Waals surface area contributed by atoms with Crippen molar-refractivity contribution >= 4 is 23.7 Å². The van der Waals surface area contributed by atoms with Gasteiger partial charge in [-0.25, -0.2) is 5.48 Å². The van der Waals surface area contributed by atoms with E-state index in [1.165, 1.54) is 22.0 Å². The number of nitrogens with one attached hydrogen (secondary N) is 1. The molecule has 0 radical (unpaired) electrons. The predicted molar refractivity (Wildman–Crippen MR) is 89.5 cm³/mol. The topological polar surface area (TPSA) is 71.3 Å². The first-order valence-electron chi connectivity index (χ1n) is 7.23. The Bertz CT molecular complexity index is 788. The highest BCUT2D eigenvalue weighted by molar-refractivity contribution is 8.00. The molecule has 0 saturated heterocycles. The van der Waals surface area contributed by atoms with Crippen LogP contribution in [0.2, 0.25) is 0 Å². The molecule has 6 heteroatoms. The second-order valence-corrected chi connectivity index (χ2v) is 6.62. The molecule has 2 aromatic rings. The van der Waals surface area contributed by atoms with E-state index < -0.39 is 5.91 Å². The number of benzene rings is 1. The maximum Gasteiger partial charge on any atom is 0.267 e. The number of carbonyl (C=O) groups excluding carboxylic acids is 1. The predicted octanol–water partition coefficient (Wildman–Crippen LogP) is 2.08. The number of thioether (sulfide) groups is 1. The van der Waals surface area contributed by atoms with Gasteiger partial charge in [0.25, 0.3) is 11.5 Å². The Kier molecular flexibility index (Phi) is 4.64. The van der Waals surface area contributed by atoms with Gasteiger partial charge in [0.1, 0.15) is 0 Å². The molecule has 1 amide bonds. The number of hydrogen-bond donors (Lipinski definition) is 2. The van der Waals surface area contributed by atoms with Crippen LogP contribution in [0.3, 0.4) is 0 Å². The highest BCUT2D eigenvalue weighted by atomic mass is 32.2. The largest absolute Gasteiger partial charge is 0.314 e. The quantitative estimate of drug-likeness (QED) is 0.512. The first kappa shape index (κ1) is 15.6. The van der Waals surface area contributed by atoms with Crippen LogP contribution >= 0.6 is 11.8 Å². The van der Waals surface area contributed by atoms with Gasteiger partial charge in [-0.2, -0.15) is 0 Å². The highest BCUT2D eigenvalue weighted by Crippen LogP contribution is 2.37. The minimum atomic E-state index is -0.665. The van der Waals surface area contributed by atoms with E-state index in [4.69, 9.17) is 5.21 Å². The van der Waals surface area contributed by atoms with Crippen molar-refractivity contribution in [2.75, 3.05) is 0 Å². The van der Waals surface area contributed by atoms with Crippen LogP contribution in [0, 0.1) is 0 Å². The molecule has 1 atom stereocenters. The second-order valence-electron chi connectivity index (χ2n) is 5.28. The van der Waals surface area contributed by atoms with Gasteiger partial charge in [0.15, 0.2) is 0 Å². The molecule has 0 spiro atoms. The second kappa shape index (κ2) is 6.85. The van der Waals surface area contributed by atoms with Crippen molar-refractivity contribution in [3.63, 3.8) is 0 Å². The van der Waals surface area contributed by atoms with Crippen LogP contribution in [0.1, 0.15) is 11.1 Å². The normalized spacial score (nSPS) is 16.5. The van der Waals surface area contributed by atoms with Gasteiger partial charge in [-0.15, -0.1) is 11.8 Å². The van der Waals surface area contributed by atoms with Crippen LogP contribution in [-0.2, 0) is 17.8 Å². The lowest BCUT2D eigenvalue weighted by Gasteiger charge is -2.11. The van der Waals surface area contributed by atoms with Crippen molar-refractivity contribution in [2.24, 2.45) is 0 Å². The Morgan fingerprint density at radius 3 is 2.96 bits per heavy atom. The Balaban J connectivity index is 1.76. The molecule has 1 aliphatic rings. The summed E-state index contributed by atoms with van der Waals surface area (Å²) in [6.07, 6.45) is 5.23. The SMILES string of the molecule is O=C(/C=C/c1cccn(CC2Cc3ccccc3S2)c1=O)NO. The van der Waals surface area contributed by atoms with Crippen LogP contribution in [-0.4, -0.2) is 20.9 Å². The van der Waals surface area contributed by atoms with E-state index in [2.05, 4.69) is 12.1 Å². The van der Waals surface area contributed by atoms with E-state index in [9.17, 15) is 9.59 Å². The van der Waals surface area contributed by atoms with Crippen molar-refractivity contribution < 1.29 is 10.0 Å². The molecular formula is C17H16N2O3S. The summed E-state index contributed by atoms with van der Waals surface area (Å²) < 4.78 is 1.67. The third-order valence-electron chi connectivity index (χ3n) is 3.69. The first-order chi connectivity index (χ1) is 11.2. The number of fused-ring (bicyclic) bond motifs is 1. The number of hydroxylamine groups is 1. The van der Waals surface area contributed by atoms with Gasteiger partial charge in [-0.05, 0) is 36.3 Å². The molecular weight excluding hydrogens is 312 g/mol. The Labute approximate surface area is 137 Å². The number of hydrogen-bond acceptors (Lipinski definition) is 4. The van der Waals surface area contributed by atoms with Crippen molar-refractivity contribution in [3.05, 3.63) is 70.2 Å². The molecule has 0 bridgehead atoms. The maximum atomic E-state index is 12.4. The maximum absolute atomic E-state index is 12.4. The van der Waals surface area contributed by atoms with E-state index in [0.717, 1.165) is 12.5 Å². The summed E-state index contributed by atoms with van der Waals surface area (Å²) in [4.78, 5) is 24.7. The number of nitrogens with zero attached hydrogens (tertiary/aromatic N) is 1. The lowest BCUT2D eigenvalue weighted by atomic mass is 10.1. The van der Waals surface area contributed by atoms with Gasteiger partial charge in [-0.3, -0.25) is 14.8 Å². The number of rotatable bonds is 4. The molecule has 118 valence electrons. The minimum absolute atomic E-state index is 0.147. The monoisotopic (exact) mass is 328 g/mol. The smallest absolute Gasteiger partial charge is 0.267 e. The third-order valence-corrected chi connectivity index (χ3v) is 4.99. The molecule has 2 heterocycles. The van der Waals surface area contributed by atoms with Crippen molar-refractivity contribution in [1.29, 1.82) is 0 Å². The summed E-state index contributed by atoms with van der Waals surface area (Å²) in [5.41, 5.74) is 3.09. The van der Waals surface area contributed by atoms with Crippen LogP contribution in [0.4, 0.5) is 0 Å². The molecule has 1 aromatic carbocycles. The standard InChI is InChI=1S/C17H16N2O3S/c20-16(18-22)8-7-12-5-3-9-19(17(12)21)11-14-10-13-4-1-2-6-15(13)23-14/h1-9,14,22H,10-11H2,(H,18,20)/b8-7+. The average molecular weight is 328 g/mol. The Morgan fingerprint density at radius 1 is 1.35 bits per heavy atom. The van der Waals surface area contributed by atoms with Crippen molar-refractivity contribution in [2.45, 2.75) is 23.1 Å². The molecule has 0 fully saturated rings. The summed E-state index contributed by atoms with van der Waals surface area (Å²) in [5.74, 6) is -0.665. The van der Waals surface area contributed by atoms with Gasteiger partial charge in [0.05, 0.1) is 0 Å². The lowest BCUT2D eigenvalue weighted by molar-refractivity contribution is -0.124. The molecule has 3 rings (SSSR count). The molecule has 5 nitrogen and oxygen atoms in total. The summed E-state index contributed by atoms with van der Waals surface area (Å²) in [7, 11) is 0. The highest BCUT2D eigenvalue weighted by Gasteiger charge is 2.22. The number of pyridine rings is 1. The van der Waals surface area contributed by atoms with E-state index in [1.807, 2.05) is 12.1 Å². The summed E-state index contributed by atoms with van der Waals surface area (Å²) in [6.45, 7) is 0.617. The van der Waals surface area contributed by atoms with Gasteiger partial charge in [0, 0.05) is 34.5 Å². The zero-order valence-electron chi connectivity index (χ0n) is 12.3. The van der Waals surface area contributed by atoms with Gasteiger partial charge < -0.3 is 4.57 Å². The molecule has 23 heavy (non-hydrogen) atoms. The zero-order chi connectivity index (χ0) is 16.2. The van der Waals surface area contributed by atoms with E-state index in [1.54, 1.807) is 34.7 Å². The van der Waals surface area contributed by atoms with Crippen LogP contribution < -0.4 is 11.0 Å². The van der Waals surface area contributed by atoms with E-state index >= 15 is 0 Å². The molecule has 1 unspecified atom stereocenters. The summed E-state index contributed by atoms with van der Waals surface area (Å²) in [5, 5.41) is 8.80. The van der Waals surface area contributed by atoms with Gasteiger partial charge >= 0.3 is 0 Å². The fourth-order valence-corrected chi connectivity index (χ4v) is 3.92. The Hall–Kier alpha value is -2.31. The van der Waals surface area contributed by atoms with Crippen molar-refractivity contribution in [3.8, 4) is 0 Å². The Morgan fingerprint density at radius 2 is 2.17 bits per heavy atom. The zero-order valence-corrected chi connectivity index (χ0v) is 13.1. The fraction of sp³-hybridized carbons (Fsp3) is 0.176. The third kappa shape index (κ3) is 3.55. The lowest BCUT2D eigenvalue weighted by Crippen LogP contribution is -2.26. The summed E-state index contributed by atoms with van der Waals surface area (Å²) in [6, 6.07) is 11.7. The van der Waals surface area contributed by atoms with Crippen LogP contribution in [0.5, 0.6) is 0 Å². The minimum Gasteiger partial charge on any atom is -0.314 e. The molecule has 2 N–H and O–H groups in total. The van der Waals surface area contributed by atoms with Crippen molar-refractivity contribution in [1.82, 2.24) is 10.0 Å². The van der Waals surface area contributed by atoms with Crippen LogP contribution in [0.25, 0.3) is 6.08 Å². The summed E-state index contributed by atoms with van der Waals surface area (Å²) >= 11 is 1.79. The van der Waals surface area contributed by atoms with Gasteiger partial charge in [-0.1, -0.05) is 18.2 Å². The number of aromatic nitrogens is 1. The molecule has 0 saturated carbocycles. The average Bonchev–Trinajstić information content (AvgIpc) is 2.97. The molecule has 1 aliphatic heterocycles. The van der Waals surface area contributed by atoms with Crippen LogP contribution in [0.15, 0.2) is 58.4 Å². The van der Waals surface area contributed by atoms with E-state index in [0.29, 0.717) is 17.4 Å².